The van der Waals surface area contributed by atoms with Crippen LogP contribution in [0.4, 0.5) is 5.82 Å². The van der Waals surface area contributed by atoms with E-state index in [0.29, 0.717) is 19.8 Å². The quantitative estimate of drug-likeness (QED) is 0.573. The molecule has 0 bridgehead atoms. The van der Waals surface area contributed by atoms with Crippen molar-refractivity contribution in [1.82, 2.24) is 19.6 Å². The van der Waals surface area contributed by atoms with Crippen LogP contribution in [0.15, 0.2) is 31.4 Å². The Balaban J connectivity index is 1.82. The molecule has 2 heterocycles. The summed E-state index contributed by atoms with van der Waals surface area (Å²) in [5.41, 5.74) is 0.721. The summed E-state index contributed by atoms with van der Waals surface area (Å²) in [5.74, 6) is 0.720. The molecule has 0 unspecified atom stereocenters. The van der Waals surface area contributed by atoms with Crippen LogP contribution in [0.25, 0.3) is 5.65 Å². The van der Waals surface area contributed by atoms with Crippen LogP contribution in [0.2, 0.25) is 0 Å². The van der Waals surface area contributed by atoms with Crippen molar-refractivity contribution in [3.63, 3.8) is 0 Å². The lowest BCUT2D eigenvalue weighted by Crippen LogP contribution is -2.11. The summed E-state index contributed by atoms with van der Waals surface area (Å²) in [6, 6.07) is 0. The highest BCUT2D eigenvalue weighted by Gasteiger charge is 2.02. The van der Waals surface area contributed by atoms with E-state index in [0.717, 1.165) is 17.9 Å². The van der Waals surface area contributed by atoms with E-state index in [4.69, 9.17) is 4.74 Å². The van der Waals surface area contributed by atoms with E-state index in [1.165, 1.54) is 0 Å². The molecule has 0 saturated carbocycles. The van der Waals surface area contributed by atoms with Crippen molar-refractivity contribution in [2.75, 3.05) is 25.1 Å². The van der Waals surface area contributed by atoms with Gasteiger partial charge in [-0.1, -0.05) is 6.08 Å². The largest absolute Gasteiger partial charge is 0.379 e. The van der Waals surface area contributed by atoms with Crippen molar-refractivity contribution < 1.29 is 4.74 Å². The zero-order valence-electron chi connectivity index (χ0n) is 9.54. The number of hydrogen-bond acceptors (Lipinski definition) is 5. The van der Waals surface area contributed by atoms with Crippen LogP contribution in [0, 0.1) is 0 Å². The number of ether oxygens (including phenoxy) is 1. The molecule has 0 aromatic carbocycles. The predicted molar refractivity (Wildman–Crippen MR) is 64.9 cm³/mol. The third-order valence-electron chi connectivity index (χ3n) is 2.22. The molecule has 6 heteroatoms. The number of hydrogen-bond donors (Lipinski definition) is 1. The molecule has 1 N–H and O–H groups in total. The van der Waals surface area contributed by atoms with Gasteiger partial charge in [-0.05, 0) is 6.42 Å². The van der Waals surface area contributed by atoms with Crippen LogP contribution >= 0.6 is 0 Å². The van der Waals surface area contributed by atoms with Crippen molar-refractivity contribution in [3.05, 3.63) is 31.4 Å². The minimum Gasteiger partial charge on any atom is -0.379 e. The van der Waals surface area contributed by atoms with Gasteiger partial charge in [0.25, 0.3) is 0 Å². The standard InChI is InChI=1S/C11H15N5O/c1-2-3-7-17-8-5-13-10-11-15-14-9-16(11)6-4-12-10/h2,4,6,9H,1,3,5,7-8H2,(H,12,13). The van der Waals surface area contributed by atoms with E-state index < -0.39 is 0 Å². The summed E-state index contributed by atoms with van der Waals surface area (Å²) < 4.78 is 7.20. The predicted octanol–water partition coefficient (Wildman–Crippen LogP) is 1.13. The molecule has 0 fully saturated rings. The third kappa shape index (κ3) is 3.01. The molecular formula is C11H15N5O. The van der Waals surface area contributed by atoms with Gasteiger partial charge in [-0.25, -0.2) is 4.98 Å². The van der Waals surface area contributed by atoms with Gasteiger partial charge in [-0.3, -0.25) is 4.40 Å². The van der Waals surface area contributed by atoms with E-state index >= 15 is 0 Å². The summed E-state index contributed by atoms with van der Waals surface area (Å²) in [6.07, 6.45) is 7.87. The highest BCUT2D eigenvalue weighted by Crippen LogP contribution is 2.08. The van der Waals surface area contributed by atoms with E-state index in [2.05, 4.69) is 27.1 Å². The summed E-state index contributed by atoms with van der Waals surface area (Å²) in [5, 5.41) is 11.0. The van der Waals surface area contributed by atoms with E-state index in [9.17, 15) is 0 Å². The molecular weight excluding hydrogens is 218 g/mol. The molecule has 2 aromatic heterocycles. The van der Waals surface area contributed by atoms with Gasteiger partial charge < -0.3 is 10.1 Å². The Kier molecular flexibility index (Phi) is 4.04. The van der Waals surface area contributed by atoms with Crippen molar-refractivity contribution in [3.8, 4) is 0 Å². The van der Waals surface area contributed by atoms with Gasteiger partial charge in [0, 0.05) is 18.9 Å². The molecule has 0 aliphatic heterocycles. The monoisotopic (exact) mass is 233 g/mol. The Morgan fingerprint density at radius 2 is 2.41 bits per heavy atom. The Labute approximate surface area is 99.3 Å². The first-order valence-electron chi connectivity index (χ1n) is 5.48. The molecule has 6 nitrogen and oxygen atoms in total. The molecule has 0 radical (unpaired) electrons. The van der Waals surface area contributed by atoms with Crippen LogP contribution in [0.1, 0.15) is 6.42 Å². The average molecular weight is 233 g/mol. The molecule has 0 aliphatic rings. The number of rotatable bonds is 7. The fourth-order valence-corrected chi connectivity index (χ4v) is 1.39. The summed E-state index contributed by atoms with van der Waals surface area (Å²) in [4.78, 5) is 4.21. The van der Waals surface area contributed by atoms with Gasteiger partial charge in [0.05, 0.1) is 13.2 Å². The molecule has 0 spiro atoms. The van der Waals surface area contributed by atoms with Crippen LogP contribution < -0.4 is 5.32 Å². The van der Waals surface area contributed by atoms with Crippen molar-refractivity contribution in [1.29, 1.82) is 0 Å². The third-order valence-corrected chi connectivity index (χ3v) is 2.22. The first-order chi connectivity index (χ1) is 8.42. The van der Waals surface area contributed by atoms with Crippen molar-refractivity contribution >= 4 is 11.5 Å². The summed E-state index contributed by atoms with van der Waals surface area (Å²) in [7, 11) is 0. The van der Waals surface area contributed by atoms with Crippen molar-refractivity contribution in [2.24, 2.45) is 0 Å². The zero-order chi connectivity index (χ0) is 11.9. The lowest BCUT2D eigenvalue weighted by Gasteiger charge is -2.06. The van der Waals surface area contributed by atoms with E-state index in [1.54, 1.807) is 18.7 Å². The Hall–Kier alpha value is -1.95. The SMILES string of the molecule is C=CCCOCCNc1nccn2cnnc12. The zero-order valence-corrected chi connectivity index (χ0v) is 9.54. The van der Waals surface area contributed by atoms with E-state index in [-0.39, 0.29) is 0 Å². The van der Waals surface area contributed by atoms with Gasteiger partial charge in [-0.15, -0.1) is 16.8 Å². The van der Waals surface area contributed by atoms with Gasteiger partial charge in [0.15, 0.2) is 5.82 Å². The first-order valence-corrected chi connectivity index (χ1v) is 5.48. The highest BCUT2D eigenvalue weighted by atomic mass is 16.5. The second-order valence-electron chi connectivity index (χ2n) is 3.45. The second kappa shape index (κ2) is 5.95. The van der Waals surface area contributed by atoms with Gasteiger partial charge in [0.2, 0.25) is 5.65 Å². The lowest BCUT2D eigenvalue weighted by molar-refractivity contribution is 0.149. The number of nitrogens with one attached hydrogen (secondary N) is 1. The molecule has 0 aliphatic carbocycles. The Bertz CT molecular complexity index is 481. The van der Waals surface area contributed by atoms with Crippen molar-refractivity contribution in [2.45, 2.75) is 6.42 Å². The number of fused-ring (bicyclic) bond motifs is 1. The second-order valence-corrected chi connectivity index (χ2v) is 3.45. The molecule has 17 heavy (non-hydrogen) atoms. The van der Waals surface area contributed by atoms with Gasteiger partial charge >= 0.3 is 0 Å². The normalized spacial score (nSPS) is 10.6. The van der Waals surface area contributed by atoms with Crippen LogP contribution in [-0.4, -0.2) is 39.3 Å². The minimum absolute atomic E-state index is 0.630. The highest BCUT2D eigenvalue weighted by molar-refractivity contribution is 5.61. The fraction of sp³-hybridized carbons (Fsp3) is 0.364. The average Bonchev–Trinajstić information content (AvgIpc) is 2.82. The molecule has 2 rings (SSSR count). The fourth-order valence-electron chi connectivity index (χ4n) is 1.39. The maximum atomic E-state index is 5.38. The molecule has 2 aromatic rings. The molecule has 0 atom stereocenters. The van der Waals surface area contributed by atoms with Crippen LogP contribution in [0.3, 0.4) is 0 Å². The first kappa shape index (κ1) is 11.5. The Morgan fingerprint density at radius 1 is 1.47 bits per heavy atom. The summed E-state index contributed by atoms with van der Waals surface area (Å²) >= 11 is 0. The summed E-state index contributed by atoms with van der Waals surface area (Å²) in [6.45, 7) is 5.65. The maximum Gasteiger partial charge on any atom is 0.203 e. The van der Waals surface area contributed by atoms with Crippen LogP contribution in [0.5, 0.6) is 0 Å². The number of anilines is 1. The number of nitrogens with zero attached hydrogens (tertiary/aromatic N) is 4. The molecule has 90 valence electrons. The lowest BCUT2D eigenvalue weighted by atomic mass is 10.4. The number of aromatic nitrogens is 4. The van der Waals surface area contributed by atoms with Gasteiger partial charge in [-0.2, -0.15) is 0 Å². The Morgan fingerprint density at radius 3 is 3.29 bits per heavy atom. The van der Waals surface area contributed by atoms with E-state index in [1.807, 2.05) is 10.5 Å². The van der Waals surface area contributed by atoms with Gasteiger partial charge in [0.1, 0.15) is 6.33 Å². The van der Waals surface area contributed by atoms with Crippen LogP contribution in [-0.2, 0) is 4.74 Å². The smallest absolute Gasteiger partial charge is 0.203 e. The molecule has 0 saturated heterocycles. The topological polar surface area (TPSA) is 64.3 Å². The minimum atomic E-state index is 0.630. The molecule has 0 amide bonds. The maximum absolute atomic E-state index is 5.38.